The maximum absolute atomic E-state index is 10.5. The normalized spacial score (nSPS) is 52.5. The molecule has 3 saturated heterocycles. The average molecular weight is 504 g/mol. The molecule has 3 rings (SSSR count). The van der Waals surface area contributed by atoms with Crippen LogP contribution in [-0.2, 0) is 23.7 Å². The largest absolute Gasteiger partial charge is 0.394 e. The summed E-state index contributed by atoms with van der Waals surface area (Å²) in [6, 6.07) is 0. The lowest BCUT2D eigenvalue weighted by molar-refractivity contribution is -0.383. The standard InChI is InChI=1S/C18H32O16/c19-1-4-7(22)9(24)11(26)17(31-4)33-14-6(3-21)30-16(29)13(28)15(14)34-18-12(27)10(25)8(23)5(2-20)32-18/h4-29H,1-3H2/t4-,5-,6-,7-,8-,9+,10+,11-,12+,13-,14+,15-,16-,17+,18-/m1/s1. The van der Waals surface area contributed by atoms with E-state index in [1.807, 2.05) is 0 Å². The van der Waals surface area contributed by atoms with E-state index in [0.717, 1.165) is 0 Å². The molecular formula is C18H32O16. The predicted octanol–water partition coefficient (Wildman–Crippen LogP) is -7.57. The Morgan fingerprint density at radius 1 is 0.441 bits per heavy atom. The van der Waals surface area contributed by atoms with Crippen molar-refractivity contribution in [3.8, 4) is 0 Å². The minimum absolute atomic E-state index is 0.762. The van der Waals surface area contributed by atoms with Gasteiger partial charge in [0.1, 0.15) is 73.2 Å². The first kappa shape index (κ1) is 27.9. The second-order valence-electron chi connectivity index (χ2n) is 8.33. The van der Waals surface area contributed by atoms with Gasteiger partial charge in [0.25, 0.3) is 0 Å². The van der Waals surface area contributed by atoms with Gasteiger partial charge >= 0.3 is 0 Å². The van der Waals surface area contributed by atoms with Crippen molar-refractivity contribution in [2.24, 2.45) is 0 Å². The maximum Gasteiger partial charge on any atom is 0.187 e. The van der Waals surface area contributed by atoms with Crippen molar-refractivity contribution < 1.29 is 79.9 Å². The highest BCUT2D eigenvalue weighted by Gasteiger charge is 2.53. The summed E-state index contributed by atoms with van der Waals surface area (Å²) >= 11 is 0. The van der Waals surface area contributed by atoms with Gasteiger partial charge in [-0.3, -0.25) is 0 Å². The van der Waals surface area contributed by atoms with E-state index in [-0.39, 0.29) is 0 Å². The van der Waals surface area contributed by atoms with Gasteiger partial charge in [-0.15, -0.1) is 0 Å². The van der Waals surface area contributed by atoms with Gasteiger partial charge in [-0.1, -0.05) is 0 Å². The highest BCUT2D eigenvalue weighted by molar-refractivity contribution is 4.96. The van der Waals surface area contributed by atoms with Crippen LogP contribution in [0.2, 0.25) is 0 Å². The Balaban J connectivity index is 1.84. The van der Waals surface area contributed by atoms with Crippen molar-refractivity contribution in [1.82, 2.24) is 0 Å². The van der Waals surface area contributed by atoms with E-state index in [1.54, 1.807) is 0 Å². The fourth-order valence-electron chi connectivity index (χ4n) is 4.04. The second-order valence-corrected chi connectivity index (χ2v) is 8.33. The Morgan fingerprint density at radius 2 is 0.853 bits per heavy atom. The van der Waals surface area contributed by atoms with Crippen molar-refractivity contribution >= 4 is 0 Å². The summed E-state index contributed by atoms with van der Waals surface area (Å²) in [6.07, 6.45) is -25.6. The molecule has 3 fully saturated rings. The highest BCUT2D eigenvalue weighted by atomic mass is 16.8. The summed E-state index contributed by atoms with van der Waals surface area (Å²) < 4.78 is 26.7. The van der Waals surface area contributed by atoms with Crippen LogP contribution in [0.25, 0.3) is 0 Å². The number of rotatable bonds is 7. The van der Waals surface area contributed by atoms with Crippen molar-refractivity contribution in [2.45, 2.75) is 92.1 Å². The molecule has 16 nitrogen and oxygen atoms in total. The molecule has 0 aromatic carbocycles. The van der Waals surface area contributed by atoms with E-state index < -0.39 is 112 Å². The van der Waals surface area contributed by atoms with Crippen LogP contribution in [0.1, 0.15) is 0 Å². The minimum atomic E-state index is -1.93. The number of hydrogen-bond acceptors (Lipinski definition) is 16. The van der Waals surface area contributed by atoms with Crippen molar-refractivity contribution in [1.29, 1.82) is 0 Å². The molecule has 0 aromatic heterocycles. The molecule has 200 valence electrons. The SMILES string of the molecule is OC[C@H]1O[C@H](O[C@@H]2[C@@H](O)[C@H](O)O[C@H](CO)[C@@H]2O[C@@H]2O[C@H](CO)[C@@H](O)[C@H](O)[C@H]2O)[C@@H](O)[C@@H](O)[C@@H]1O. The van der Waals surface area contributed by atoms with E-state index >= 15 is 0 Å². The van der Waals surface area contributed by atoms with Crippen LogP contribution in [0, 0.1) is 0 Å². The molecule has 11 N–H and O–H groups in total. The predicted molar refractivity (Wildman–Crippen MR) is 101 cm³/mol. The average Bonchev–Trinajstić information content (AvgIpc) is 2.83. The summed E-state index contributed by atoms with van der Waals surface area (Å²) in [5, 5.41) is 109. The van der Waals surface area contributed by atoms with E-state index in [0.29, 0.717) is 0 Å². The van der Waals surface area contributed by atoms with Crippen LogP contribution in [0.3, 0.4) is 0 Å². The molecule has 3 aliphatic heterocycles. The van der Waals surface area contributed by atoms with Crippen LogP contribution in [-0.4, -0.2) is 168 Å². The van der Waals surface area contributed by atoms with Gasteiger partial charge in [0, 0.05) is 0 Å². The third-order valence-corrected chi connectivity index (χ3v) is 6.09. The highest BCUT2D eigenvalue weighted by Crippen LogP contribution is 2.32. The fraction of sp³-hybridized carbons (Fsp3) is 1.00. The Kier molecular flexibility index (Phi) is 9.54. The topological polar surface area (TPSA) is 269 Å². The van der Waals surface area contributed by atoms with Gasteiger partial charge in [-0.05, 0) is 0 Å². The van der Waals surface area contributed by atoms with Gasteiger partial charge in [0.05, 0.1) is 19.8 Å². The number of ether oxygens (including phenoxy) is 5. The summed E-state index contributed by atoms with van der Waals surface area (Å²) in [5.74, 6) is 0. The Bertz CT molecular complexity index is 599. The first-order valence-electron chi connectivity index (χ1n) is 10.6. The number of hydrogen-bond donors (Lipinski definition) is 11. The van der Waals surface area contributed by atoms with Crippen molar-refractivity contribution in [2.75, 3.05) is 19.8 Å². The molecule has 3 aliphatic rings. The molecule has 0 bridgehead atoms. The molecule has 0 unspecified atom stereocenters. The smallest absolute Gasteiger partial charge is 0.187 e. The zero-order chi connectivity index (χ0) is 25.3. The molecule has 0 saturated carbocycles. The zero-order valence-corrected chi connectivity index (χ0v) is 17.7. The third kappa shape index (κ3) is 5.37. The fourth-order valence-corrected chi connectivity index (χ4v) is 4.04. The third-order valence-electron chi connectivity index (χ3n) is 6.09. The van der Waals surface area contributed by atoms with Gasteiger partial charge < -0.3 is 79.9 Å². The quantitative estimate of drug-likeness (QED) is 0.154. The molecule has 0 amide bonds. The zero-order valence-electron chi connectivity index (χ0n) is 17.7. The molecule has 34 heavy (non-hydrogen) atoms. The van der Waals surface area contributed by atoms with Crippen LogP contribution >= 0.6 is 0 Å². The van der Waals surface area contributed by atoms with Gasteiger partial charge in [-0.2, -0.15) is 0 Å². The van der Waals surface area contributed by atoms with Crippen LogP contribution in [0.4, 0.5) is 0 Å². The summed E-state index contributed by atoms with van der Waals surface area (Å²) in [5.41, 5.74) is 0. The van der Waals surface area contributed by atoms with E-state index in [1.165, 1.54) is 0 Å². The van der Waals surface area contributed by atoms with Crippen LogP contribution < -0.4 is 0 Å². The Hall–Kier alpha value is -0.640. The number of aliphatic hydroxyl groups excluding tert-OH is 11. The van der Waals surface area contributed by atoms with Crippen LogP contribution in [0.5, 0.6) is 0 Å². The van der Waals surface area contributed by atoms with Gasteiger partial charge in [-0.25, -0.2) is 0 Å². The number of aliphatic hydroxyl groups is 11. The summed E-state index contributed by atoms with van der Waals surface area (Å²) in [6.45, 7) is -2.35. The van der Waals surface area contributed by atoms with Gasteiger partial charge in [0.2, 0.25) is 0 Å². The lowest BCUT2D eigenvalue weighted by atomic mass is 9.96. The summed E-state index contributed by atoms with van der Waals surface area (Å²) in [4.78, 5) is 0. The molecule has 0 aromatic rings. The summed E-state index contributed by atoms with van der Waals surface area (Å²) in [7, 11) is 0. The Labute approximate surface area is 192 Å². The van der Waals surface area contributed by atoms with E-state index in [4.69, 9.17) is 23.7 Å². The molecular weight excluding hydrogens is 472 g/mol. The van der Waals surface area contributed by atoms with Crippen LogP contribution in [0.15, 0.2) is 0 Å². The first-order chi connectivity index (χ1) is 16.0. The second kappa shape index (κ2) is 11.6. The molecule has 15 atom stereocenters. The molecule has 0 radical (unpaired) electrons. The molecule has 0 aliphatic carbocycles. The minimum Gasteiger partial charge on any atom is -0.394 e. The molecule has 16 heteroatoms. The molecule has 0 spiro atoms. The lowest BCUT2D eigenvalue weighted by Crippen LogP contribution is -2.67. The van der Waals surface area contributed by atoms with Crippen molar-refractivity contribution in [3.63, 3.8) is 0 Å². The monoisotopic (exact) mass is 504 g/mol. The molecule has 3 heterocycles. The first-order valence-corrected chi connectivity index (χ1v) is 10.6. The maximum atomic E-state index is 10.5. The van der Waals surface area contributed by atoms with E-state index in [2.05, 4.69) is 0 Å². The Morgan fingerprint density at radius 3 is 1.26 bits per heavy atom. The van der Waals surface area contributed by atoms with Gasteiger partial charge in [0.15, 0.2) is 18.9 Å². The van der Waals surface area contributed by atoms with Crippen molar-refractivity contribution in [3.05, 3.63) is 0 Å². The van der Waals surface area contributed by atoms with E-state index in [9.17, 15) is 56.2 Å². The lowest BCUT2D eigenvalue weighted by Gasteiger charge is -2.48.